The van der Waals surface area contributed by atoms with Crippen molar-refractivity contribution in [3.63, 3.8) is 0 Å². The molecule has 1 aromatic carbocycles. The Balaban J connectivity index is 1.51. The van der Waals surface area contributed by atoms with Gasteiger partial charge in [-0.1, -0.05) is 11.3 Å². The van der Waals surface area contributed by atoms with Gasteiger partial charge < -0.3 is 9.47 Å². The van der Waals surface area contributed by atoms with Crippen LogP contribution in [0.15, 0.2) is 18.2 Å². The van der Waals surface area contributed by atoms with Crippen LogP contribution >= 0.6 is 11.3 Å². The molecule has 166 valence electrons. The summed E-state index contributed by atoms with van der Waals surface area (Å²) in [7, 11) is 1.60. The fourth-order valence-electron chi connectivity index (χ4n) is 3.76. The number of amides is 3. The Labute approximate surface area is 184 Å². The second-order valence-corrected chi connectivity index (χ2v) is 8.57. The van der Waals surface area contributed by atoms with Gasteiger partial charge in [-0.05, 0) is 18.6 Å². The van der Waals surface area contributed by atoms with Crippen molar-refractivity contribution >= 4 is 44.4 Å². The van der Waals surface area contributed by atoms with Crippen molar-refractivity contribution in [3.8, 4) is 5.75 Å². The Morgan fingerprint density at radius 2 is 1.97 bits per heavy atom. The van der Waals surface area contributed by atoms with Gasteiger partial charge in [-0.3, -0.25) is 29.1 Å². The van der Waals surface area contributed by atoms with Gasteiger partial charge in [0.1, 0.15) is 12.3 Å². The lowest BCUT2D eigenvalue weighted by atomic mass is 10.3. The summed E-state index contributed by atoms with van der Waals surface area (Å²) >= 11 is 1.41. The number of imide groups is 1. The molecule has 0 spiro atoms. The van der Waals surface area contributed by atoms with Gasteiger partial charge in [0.2, 0.25) is 17.7 Å². The second-order valence-electron chi connectivity index (χ2n) is 7.56. The lowest BCUT2D eigenvalue weighted by molar-refractivity contribution is -0.141. The number of ether oxygens (including phenoxy) is 2. The number of likely N-dealkylation sites (tertiary alicyclic amines) is 1. The van der Waals surface area contributed by atoms with Crippen LogP contribution in [0.5, 0.6) is 5.75 Å². The smallest absolute Gasteiger partial charge is 0.248 e. The maximum absolute atomic E-state index is 13.2. The molecule has 4 rings (SSSR count). The molecule has 0 aliphatic carbocycles. The Kier molecular flexibility index (Phi) is 6.79. The fourth-order valence-corrected chi connectivity index (χ4v) is 4.75. The van der Waals surface area contributed by atoms with Crippen molar-refractivity contribution in [2.75, 3.05) is 57.9 Å². The number of rotatable bonds is 8. The molecule has 0 unspecified atom stereocenters. The van der Waals surface area contributed by atoms with Gasteiger partial charge in [-0.25, -0.2) is 4.98 Å². The number of thiazole rings is 1. The summed E-state index contributed by atoms with van der Waals surface area (Å²) in [4.78, 5) is 46.8. The number of anilines is 1. The first kappa shape index (κ1) is 21.7. The number of morpholine rings is 1. The molecule has 31 heavy (non-hydrogen) atoms. The Morgan fingerprint density at radius 1 is 1.23 bits per heavy atom. The standard InChI is InChI=1S/C21H26N4O5S/c1-29-15-3-4-17-16(13-15)22-21(31-17)24(8-2-7-23-9-11-30-12-10-23)20(28)14-25-18(26)5-6-19(25)27/h3-4,13H,2,5-12,14H2,1H3. The van der Waals surface area contributed by atoms with E-state index in [4.69, 9.17) is 9.47 Å². The van der Waals surface area contributed by atoms with Crippen LogP contribution in [0, 0.1) is 0 Å². The van der Waals surface area contributed by atoms with Crippen molar-refractivity contribution in [2.24, 2.45) is 0 Å². The fraction of sp³-hybridized carbons (Fsp3) is 0.524. The number of methoxy groups -OCH3 is 1. The molecule has 9 nitrogen and oxygen atoms in total. The zero-order valence-corrected chi connectivity index (χ0v) is 18.4. The molecule has 10 heteroatoms. The molecule has 2 aliphatic heterocycles. The first-order valence-electron chi connectivity index (χ1n) is 10.4. The van der Waals surface area contributed by atoms with Crippen LogP contribution in [-0.2, 0) is 19.1 Å². The highest BCUT2D eigenvalue weighted by molar-refractivity contribution is 7.22. The van der Waals surface area contributed by atoms with Crippen molar-refractivity contribution in [1.82, 2.24) is 14.8 Å². The van der Waals surface area contributed by atoms with Crippen molar-refractivity contribution in [3.05, 3.63) is 18.2 Å². The summed E-state index contributed by atoms with van der Waals surface area (Å²) in [5.74, 6) is -0.180. The predicted octanol–water partition coefficient (Wildman–Crippen LogP) is 1.51. The summed E-state index contributed by atoms with van der Waals surface area (Å²) in [5, 5.41) is 0.564. The van der Waals surface area contributed by atoms with Crippen LogP contribution in [0.1, 0.15) is 19.3 Å². The third kappa shape index (κ3) is 5.03. The minimum Gasteiger partial charge on any atom is -0.497 e. The zero-order chi connectivity index (χ0) is 21.8. The quantitative estimate of drug-likeness (QED) is 0.568. The van der Waals surface area contributed by atoms with E-state index in [2.05, 4.69) is 9.88 Å². The number of benzene rings is 1. The van der Waals surface area contributed by atoms with Crippen LogP contribution in [-0.4, -0.2) is 85.6 Å². The molecule has 0 bridgehead atoms. The Bertz CT molecular complexity index is 956. The summed E-state index contributed by atoms with van der Waals surface area (Å²) in [5.41, 5.74) is 0.749. The number of nitrogens with zero attached hydrogens (tertiary/aromatic N) is 4. The van der Waals surface area contributed by atoms with E-state index < -0.39 is 0 Å². The third-order valence-electron chi connectivity index (χ3n) is 5.52. The van der Waals surface area contributed by atoms with Crippen LogP contribution in [0.25, 0.3) is 10.2 Å². The molecule has 0 radical (unpaired) electrons. The molecule has 2 aliphatic rings. The van der Waals surface area contributed by atoms with E-state index in [9.17, 15) is 14.4 Å². The van der Waals surface area contributed by atoms with E-state index in [1.54, 1.807) is 12.0 Å². The van der Waals surface area contributed by atoms with E-state index in [-0.39, 0.29) is 37.1 Å². The van der Waals surface area contributed by atoms with Gasteiger partial charge in [-0.2, -0.15) is 0 Å². The van der Waals surface area contributed by atoms with E-state index in [0.717, 1.165) is 54.4 Å². The Hall–Kier alpha value is -2.56. The zero-order valence-electron chi connectivity index (χ0n) is 17.5. The highest BCUT2D eigenvalue weighted by atomic mass is 32.1. The van der Waals surface area contributed by atoms with E-state index in [1.807, 2.05) is 18.2 Å². The average Bonchev–Trinajstić information content (AvgIpc) is 3.34. The van der Waals surface area contributed by atoms with E-state index >= 15 is 0 Å². The first-order chi connectivity index (χ1) is 15.0. The number of aromatic nitrogens is 1. The molecule has 1 aromatic heterocycles. The molecule has 3 amide bonds. The maximum atomic E-state index is 13.2. The van der Waals surface area contributed by atoms with Gasteiger partial charge in [0, 0.05) is 45.1 Å². The molecular formula is C21H26N4O5S. The van der Waals surface area contributed by atoms with E-state index in [1.165, 1.54) is 11.3 Å². The van der Waals surface area contributed by atoms with Gasteiger partial charge in [0.05, 0.1) is 30.5 Å². The Morgan fingerprint density at radius 3 is 2.68 bits per heavy atom. The van der Waals surface area contributed by atoms with E-state index in [0.29, 0.717) is 17.4 Å². The SMILES string of the molecule is COc1ccc2sc(N(CCCN3CCOCC3)C(=O)CN3C(=O)CCC3=O)nc2c1. The summed E-state index contributed by atoms with van der Waals surface area (Å²) < 4.78 is 11.6. The first-order valence-corrected chi connectivity index (χ1v) is 11.2. The molecule has 2 fully saturated rings. The number of hydrogen-bond donors (Lipinski definition) is 0. The maximum Gasteiger partial charge on any atom is 0.248 e. The lowest BCUT2D eigenvalue weighted by Gasteiger charge is -2.28. The molecular weight excluding hydrogens is 420 g/mol. The predicted molar refractivity (Wildman–Crippen MR) is 116 cm³/mol. The van der Waals surface area contributed by atoms with Crippen molar-refractivity contribution in [2.45, 2.75) is 19.3 Å². The second kappa shape index (κ2) is 9.71. The molecule has 2 saturated heterocycles. The van der Waals surface area contributed by atoms with Crippen LogP contribution in [0.3, 0.4) is 0 Å². The molecule has 0 atom stereocenters. The molecule has 0 N–H and O–H groups in total. The molecule has 2 aromatic rings. The van der Waals surface area contributed by atoms with Crippen molar-refractivity contribution < 1.29 is 23.9 Å². The topological polar surface area (TPSA) is 92.3 Å². The summed E-state index contributed by atoms with van der Waals surface area (Å²) in [6.07, 6.45) is 1.10. The van der Waals surface area contributed by atoms with Gasteiger partial charge >= 0.3 is 0 Å². The summed E-state index contributed by atoms with van der Waals surface area (Å²) in [6.45, 7) is 4.27. The minimum atomic E-state index is -0.295. The highest BCUT2D eigenvalue weighted by Gasteiger charge is 2.32. The largest absolute Gasteiger partial charge is 0.497 e. The van der Waals surface area contributed by atoms with Crippen molar-refractivity contribution in [1.29, 1.82) is 0 Å². The summed E-state index contributed by atoms with van der Waals surface area (Å²) in [6, 6.07) is 5.61. The van der Waals surface area contributed by atoms with Gasteiger partial charge in [-0.15, -0.1) is 0 Å². The number of carbonyl (C=O) groups is 3. The van der Waals surface area contributed by atoms with Crippen LogP contribution < -0.4 is 9.64 Å². The molecule has 3 heterocycles. The number of fused-ring (bicyclic) bond motifs is 1. The van der Waals surface area contributed by atoms with Gasteiger partial charge in [0.15, 0.2) is 5.13 Å². The highest BCUT2D eigenvalue weighted by Crippen LogP contribution is 2.31. The minimum absolute atomic E-state index is 0.171. The monoisotopic (exact) mass is 446 g/mol. The normalized spacial score (nSPS) is 17.5. The van der Waals surface area contributed by atoms with Crippen LogP contribution in [0.2, 0.25) is 0 Å². The lowest BCUT2D eigenvalue weighted by Crippen LogP contribution is -2.44. The number of carbonyl (C=O) groups excluding carboxylic acids is 3. The molecule has 0 saturated carbocycles. The third-order valence-corrected chi connectivity index (χ3v) is 6.58. The number of hydrogen-bond acceptors (Lipinski definition) is 8. The van der Waals surface area contributed by atoms with Crippen LogP contribution in [0.4, 0.5) is 5.13 Å². The average molecular weight is 447 g/mol. The van der Waals surface area contributed by atoms with Gasteiger partial charge in [0.25, 0.3) is 0 Å².